The first-order valence-corrected chi connectivity index (χ1v) is 21.8. The molecule has 0 aliphatic carbocycles. The van der Waals surface area contributed by atoms with E-state index in [1.54, 1.807) is 97.1 Å². The molecule has 238 valence electrons. The van der Waals surface area contributed by atoms with Gasteiger partial charge in [0, 0.05) is 8.17 Å². The van der Waals surface area contributed by atoms with Crippen LogP contribution in [0.15, 0.2) is 159 Å². The molecule has 0 saturated carbocycles. The van der Waals surface area contributed by atoms with Gasteiger partial charge in [-0.2, -0.15) is 9.13 Å². The van der Waals surface area contributed by atoms with Crippen LogP contribution < -0.4 is 18.1 Å². The fourth-order valence-corrected chi connectivity index (χ4v) is 9.48. The molecule has 4 aromatic carbocycles. The summed E-state index contributed by atoms with van der Waals surface area (Å²) < 4.78 is 71.4. The van der Waals surface area contributed by atoms with Crippen LogP contribution in [-0.4, -0.2) is 7.68 Å². The Morgan fingerprint density at radius 2 is 0.936 bits per heavy atom. The van der Waals surface area contributed by atoms with Crippen LogP contribution in [-0.2, 0) is 18.2 Å². The van der Waals surface area contributed by atoms with E-state index in [2.05, 4.69) is 7.68 Å². The van der Waals surface area contributed by atoms with E-state index in [0.29, 0.717) is 34.5 Å². The highest BCUT2D eigenvalue weighted by Gasteiger charge is 2.35. The van der Waals surface area contributed by atoms with Crippen LogP contribution in [0, 0.1) is 0 Å². The van der Waals surface area contributed by atoms with Crippen molar-refractivity contribution in [1.29, 1.82) is 0 Å². The largest absolute Gasteiger partial charge is 0.647 e. The Morgan fingerprint density at radius 1 is 0.489 bits per heavy atom. The van der Waals surface area contributed by atoms with Gasteiger partial charge in [-0.25, -0.2) is 0 Å². The number of halogens is 2. The van der Waals surface area contributed by atoms with Crippen molar-refractivity contribution in [3.05, 3.63) is 159 Å². The van der Waals surface area contributed by atoms with E-state index in [1.165, 1.54) is 0 Å². The molecule has 0 N–H and O–H groups in total. The number of rotatable bonds is 13. The molecule has 2 heterocycles. The zero-order chi connectivity index (χ0) is 32.4. The fraction of sp³-hybridized carbons (Fsp3) is 0. The first-order valence-electron chi connectivity index (χ1n) is 14.0. The van der Waals surface area contributed by atoms with Crippen molar-refractivity contribution in [3.8, 4) is 34.1 Å². The van der Waals surface area contributed by atoms with E-state index in [9.17, 15) is 9.13 Å². The Balaban J connectivity index is 1.17. The average molecular weight is 890 g/mol. The second kappa shape index (κ2) is 15.8. The van der Waals surface area contributed by atoms with Crippen LogP contribution in [0.25, 0.3) is 11.1 Å². The number of hydrogen-bond acceptors (Lipinski definition) is 8. The summed E-state index contributed by atoms with van der Waals surface area (Å²) in [6.45, 7) is 0. The lowest BCUT2D eigenvalue weighted by Gasteiger charge is -2.20. The smallest absolute Gasteiger partial charge is 0.386 e. The third-order valence-electron chi connectivity index (χ3n) is 6.05. The summed E-state index contributed by atoms with van der Waals surface area (Å²) >= 11 is -0.855. The molecule has 0 spiro atoms. The lowest BCUT2D eigenvalue weighted by molar-refractivity contribution is 0.261. The van der Waals surface area contributed by atoms with Gasteiger partial charge in [0.2, 0.25) is 0 Å². The Labute approximate surface area is 292 Å². The van der Waals surface area contributed by atoms with Crippen molar-refractivity contribution in [2.75, 3.05) is 0 Å². The van der Waals surface area contributed by atoms with Gasteiger partial charge < -0.3 is 27.1 Å². The summed E-state index contributed by atoms with van der Waals surface area (Å²) in [5, 5.41) is 0. The minimum Gasteiger partial charge on any atom is -0.386 e. The molecular weight excluding hydrogens is 864 g/mol. The maximum atomic E-state index is 13.9. The van der Waals surface area contributed by atoms with Gasteiger partial charge >= 0.3 is 15.6 Å². The van der Waals surface area contributed by atoms with Crippen molar-refractivity contribution in [2.24, 2.45) is 0 Å². The van der Waals surface area contributed by atoms with E-state index < -0.39 is 36.4 Å². The maximum absolute atomic E-state index is 13.9. The molecule has 0 aromatic heterocycles. The van der Waals surface area contributed by atoms with Gasteiger partial charge in [0.25, 0.3) is 0 Å². The van der Waals surface area contributed by atoms with E-state index in [0.717, 1.165) is 11.1 Å². The molecule has 8 nitrogen and oxygen atoms in total. The maximum Gasteiger partial charge on any atom is 0.647 e. The quantitative estimate of drug-likeness (QED) is 0.0969. The summed E-state index contributed by atoms with van der Waals surface area (Å²) in [6.07, 6.45) is 8.87. The van der Waals surface area contributed by atoms with Crippen LogP contribution in [0.1, 0.15) is 0 Å². The molecule has 0 fully saturated rings. The molecule has 0 radical (unpaired) electrons. The monoisotopic (exact) mass is 890 g/mol. The second-order valence-corrected chi connectivity index (χ2v) is 16.3. The Bertz CT molecular complexity index is 2020. The molecule has 2 unspecified atom stereocenters. The van der Waals surface area contributed by atoms with Crippen molar-refractivity contribution in [2.45, 2.75) is 0 Å². The number of para-hydroxylation sites is 2. The first-order chi connectivity index (χ1) is 22.9. The highest BCUT2D eigenvalue weighted by atomic mass is 127. The van der Waals surface area contributed by atoms with E-state index >= 15 is 0 Å². The van der Waals surface area contributed by atoms with Crippen LogP contribution in [0.5, 0.6) is 23.0 Å². The lowest BCUT2D eigenvalue weighted by atomic mass is 10.1. The summed E-state index contributed by atoms with van der Waals surface area (Å²) in [5.41, 5.74) is 1.70. The van der Waals surface area contributed by atoms with Gasteiger partial charge in [0.1, 0.15) is 34.5 Å². The highest BCUT2D eigenvalue weighted by molar-refractivity contribution is 14.2. The fourth-order valence-electron chi connectivity index (χ4n) is 4.01. The predicted molar refractivity (Wildman–Crippen MR) is 203 cm³/mol. The Morgan fingerprint density at radius 3 is 1.40 bits per heavy atom. The van der Waals surface area contributed by atoms with Crippen LogP contribution in [0.3, 0.4) is 0 Å². The number of hydrogen-bond donors (Lipinski definition) is 0. The topological polar surface area (TPSA) is 89.5 Å². The standard InChI is InChI=1S/C35H26I2O8P2/c38-46(40-30-10-3-1-4-11-30,44-34-14-7-8-24-36-26-34)42-32-20-16-28(17-21-32)29-18-22-33(23-19-29)43-47(39,41-31-12-5-2-6-13-31)45-35-15-9-25-37-27-35/h1-23,25-27H. The predicted octanol–water partition coefficient (Wildman–Crippen LogP) is 11.0. The molecule has 4 aromatic rings. The normalized spacial score (nSPS) is 16.0. The second-order valence-electron chi connectivity index (χ2n) is 9.50. The van der Waals surface area contributed by atoms with Crippen LogP contribution >= 0.6 is 57.1 Å². The lowest BCUT2D eigenvalue weighted by Crippen LogP contribution is -2.05. The van der Waals surface area contributed by atoms with Gasteiger partial charge in [-0.05, 0) is 103 Å². The molecule has 2 aliphatic heterocycles. The number of allylic oxidation sites excluding steroid dienone is 5. The van der Waals surface area contributed by atoms with Crippen molar-refractivity contribution < 1.29 is 36.3 Å². The SMILES string of the molecule is O=P(OC1=CI=C=CC=C1)(Oc1ccccc1)Oc1ccc(-c2ccc(OP(=O)(OC3=CI=CC=C3)Oc3ccccc3)cc2)cc1. The molecule has 0 amide bonds. The summed E-state index contributed by atoms with van der Waals surface area (Å²) in [4.78, 5) is 0. The van der Waals surface area contributed by atoms with Gasteiger partial charge in [0.15, 0.2) is 0 Å². The number of benzene rings is 4. The van der Waals surface area contributed by atoms with E-state index in [1.807, 2.05) is 50.6 Å². The molecule has 6 rings (SSSR count). The molecule has 47 heavy (non-hydrogen) atoms. The number of phosphoric acid groups is 2. The summed E-state index contributed by atoms with van der Waals surface area (Å²) in [7, 11) is -8.20. The highest BCUT2D eigenvalue weighted by Crippen LogP contribution is 2.53. The summed E-state index contributed by atoms with van der Waals surface area (Å²) in [6, 6.07) is 31.5. The van der Waals surface area contributed by atoms with Gasteiger partial charge in [-0.3, -0.25) is 0 Å². The molecule has 2 aliphatic rings. The van der Waals surface area contributed by atoms with Crippen molar-refractivity contribution >= 4 is 64.8 Å². The third kappa shape index (κ3) is 9.79. The van der Waals surface area contributed by atoms with Gasteiger partial charge in [-0.15, -0.1) is 0 Å². The zero-order valence-electron chi connectivity index (χ0n) is 24.4. The minimum absolute atomic E-state index is 0.299. The van der Waals surface area contributed by atoms with E-state index in [-0.39, 0.29) is 20.7 Å². The van der Waals surface area contributed by atoms with E-state index in [4.69, 9.17) is 27.1 Å². The molecule has 0 bridgehead atoms. The number of phosphoric ester groups is 2. The van der Waals surface area contributed by atoms with Gasteiger partial charge in [0.05, 0.1) is 0 Å². The molecular formula is C35H26I2O8P2. The van der Waals surface area contributed by atoms with Crippen molar-refractivity contribution in [1.82, 2.24) is 0 Å². The first kappa shape index (κ1) is 33.0. The van der Waals surface area contributed by atoms with Gasteiger partial charge in [-0.1, -0.05) is 97.2 Å². The Hall–Kier alpha value is -3.92. The average Bonchev–Trinajstić information content (AvgIpc) is 3.35. The van der Waals surface area contributed by atoms with Crippen LogP contribution in [0.4, 0.5) is 0 Å². The summed E-state index contributed by atoms with van der Waals surface area (Å²) in [5.74, 6) is 2.16. The Kier molecular flexibility index (Phi) is 11.1. The molecule has 0 saturated heterocycles. The van der Waals surface area contributed by atoms with Crippen molar-refractivity contribution in [3.63, 3.8) is 0 Å². The molecule has 2 atom stereocenters. The third-order valence-corrected chi connectivity index (χ3v) is 12.1. The van der Waals surface area contributed by atoms with Crippen LogP contribution in [0.2, 0.25) is 0 Å². The zero-order valence-corrected chi connectivity index (χ0v) is 30.5. The molecule has 12 heteroatoms. The minimum atomic E-state index is -4.12.